The molecule has 0 spiro atoms. The van der Waals surface area contributed by atoms with Crippen molar-refractivity contribution >= 4 is 18.3 Å². The lowest BCUT2D eigenvalue weighted by Gasteiger charge is -2.57. The number of ether oxygens (including phenoxy) is 2. The lowest BCUT2D eigenvalue weighted by Crippen LogP contribution is -2.75. The molecule has 1 amide bonds. The molecule has 0 bridgehead atoms. The fraction of sp³-hybridized carbons (Fsp3) is 0.650. The number of carbonyl (C=O) groups is 1. The molecule has 3 N–H and O–H groups in total. The fourth-order valence-corrected chi connectivity index (χ4v) is 3.59. The van der Waals surface area contributed by atoms with Gasteiger partial charge in [0, 0.05) is 30.6 Å². The van der Waals surface area contributed by atoms with E-state index in [1.807, 2.05) is 45.0 Å². The first-order valence-electron chi connectivity index (χ1n) is 9.32. The van der Waals surface area contributed by atoms with Crippen molar-refractivity contribution in [2.75, 3.05) is 6.61 Å². The van der Waals surface area contributed by atoms with Gasteiger partial charge in [0.15, 0.2) is 0 Å². The lowest BCUT2D eigenvalue weighted by atomic mass is 9.54. The third-order valence-electron chi connectivity index (χ3n) is 5.99. The van der Waals surface area contributed by atoms with Gasteiger partial charge in [0.1, 0.15) is 11.3 Å². The Morgan fingerprint density at radius 1 is 1.31 bits per heavy atom. The van der Waals surface area contributed by atoms with Crippen LogP contribution in [-0.2, 0) is 16.1 Å². The molecule has 146 valence electrons. The molecule has 0 heterocycles. The Kier molecular flexibility index (Phi) is 6.59. The van der Waals surface area contributed by atoms with Crippen LogP contribution in [0, 0.1) is 5.41 Å². The minimum Gasteiger partial charge on any atom is -0.490 e. The topological polar surface area (TPSA) is 73.6 Å². The summed E-state index contributed by atoms with van der Waals surface area (Å²) in [7, 11) is 0. The van der Waals surface area contributed by atoms with E-state index in [4.69, 9.17) is 15.2 Å². The second kappa shape index (κ2) is 8.15. The molecule has 0 aliphatic heterocycles. The smallest absolute Gasteiger partial charge is 0.241 e. The molecule has 1 aromatic carbocycles. The predicted octanol–water partition coefficient (Wildman–Crippen LogP) is 3.19. The summed E-state index contributed by atoms with van der Waals surface area (Å²) in [6.45, 7) is 7.04. The van der Waals surface area contributed by atoms with E-state index in [0.717, 1.165) is 24.2 Å². The molecule has 6 heteroatoms. The van der Waals surface area contributed by atoms with Gasteiger partial charge in [-0.1, -0.05) is 32.0 Å². The normalized spacial score (nSPS) is 26.8. The summed E-state index contributed by atoms with van der Waals surface area (Å²) in [6.07, 6.45) is 4.35. The number of amides is 1. The van der Waals surface area contributed by atoms with Crippen LogP contribution in [0.4, 0.5) is 0 Å². The third-order valence-corrected chi connectivity index (χ3v) is 5.99. The van der Waals surface area contributed by atoms with Crippen molar-refractivity contribution in [2.24, 2.45) is 11.1 Å². The van der Waals surface area contributed by atoms with Gasteiger partial charge in [-0.25, -0.2) is 0 Å². The highest BCUT2D eigenvalue weighted by atomic mass is 35.5. The molecule has 2 aliphatic carbocycles. The maximum atomic E-state index is 12.8. The van der Waals surface area contributed by atoms with E-state index >= 15 is 0 Å². The van der Waals surface area contributed by atoms with Gasteiger partial charge >= 0.3 is 0 Å². The Balaban J connectivity index is 0.00000243. The van der Waals surface area contributed by atoms with Crippen molar-refractivity contribution in [3.63, 3.8) is 0 Å². The lowest BCUT2D eigenvalue weighted by molar-refractivity contribution is -0.170. The van der Waals surface area contributed by atoms with Crippen LogP contribution in [0.3, 0.4) is 0 Å². The molecule has 2 saturated carbocycles. The zero-order chi connectivity index (χ0) is 18.1. The summed E-state index contributed by atoms with van der Waals surface area (Å²) in [5.74, 6) is 0.741. The molecule has 3 rings (SSSR count). The largest absolute Gasteiger partial charge is 0.490 e. The molecule has 2 aliphatic rings. The van der Waals surface area contributed by atoms with Crippen molar-refractivity contribution < 1.29 is 14.3 Å². The summed E-state index contributed by atoms with van der Waals surface area (Å²) in [5, 5.41) is 3.01. The van der Waals surface area contributed by atoms with Gasteiger partial charge in [0.25, 0.3) is 0 Å². The second-order valence-electron chi connectivity index (χ2n) is 7.80. The molecule has 0 radical (unpaired) electrons. The molecule has 2 fully saturated rings. The molecular weight excluding hydrogens is 352 g/mol. The highest BCUT2D eigenvalue weighted by Crippen LogP contribution is 2.49. The Hall–Kier alpha value is -1.30. The first-order valence-corrected chi connectivity index (χ1v) is 9.32. The highest BCUT2D eigenvalue weighted by Gasteiger charge is 2.62. The summed E-state index contributed by atoms with van der Waals surface area (Å²) in [6, 6.07) is 7.89. The van der Waals surface area contributed by atoms with Gasteiger partial charge < -0.3 is 20.5 Å². The van der Waals surface area contributed by atoms with Gasteiger partial charge in [0.2, 0.25) is 5.91 Å². The van der Waals surface area contributed by atoms with Crippen molar-refractivity contribution in [3.8, 4) is 5.75 Å². The Labute approximate surface area is 162 Å². The van der Waals surface area contributed by atoms with E-state index in [0.29, 0.717) is 25.7 Å². The van der Waals surface area contributed by atoms with E-state index in [2.05, 4.69) is 5.32 Å². The summed E-state index contributed by atoms with van der Waals surface area (Å²) in [4.78, 5) is 12.8. The number of hydrogen-bond acceptors (Lipinski definition) is 4. The van der Waals surface area contributed by atoms with Crippen LogP contribution in [0.15, 0.2) is 24.3 Å². The Bertz CT molecular complexity index is 633. The van der Waals surface area contributed by atoms with Crippen molar-refractivity contribution in [1.82, 2.24) is 5.32 Å². The fourth-order valence-electron chi connectivity index (χ4n) is 3.59. The molecule has 0 aromatic heterocycles. The third kappa shape index (κ3) is 3.71. The first-order chi connectivity index (χ1) is 11.9. The standard InChI is InChI=1S/C20H30N2O3.ClH/c1-4-24-17-12-20(21,19(17,2)3)18(23)22-13-14-8-5-6-11-16(14)25-15-9-7-10-15;/h5-6,8,11,15,17H,4,7,9-10,12-13,21H2,1-3H3,(H,22,23);1H. The maximum absolute atomic E-state index is 12.8. The highest BCUT2D eigenvalue weighted by molar-refractivity contribution is 5.88. The van der Waals surface area contributed by atoms with Gasteiger partial charge in [0.05, 0.1) is 12.2 Å². The van der Waals surface area contributed by atoms with Crippen LogP contribution >= 0.6 is 12.4 Å². The van der Waals surface area contributed by atoms with Crippen LogP contribution in [0.1, 0.15) is 52.0 Å². The van der Waals surface area contributed by atoms with Gasteiger partial charge in [-0.15, -0.1) is 12.4 Å². The zero-order valence-corrected chi connectivity index (χ0v) is 16.7. The molecule has 2 atom stereocenters. The average molecular weight is 383 g/mol. The molecular formula is C20H31ClN2O3. The maximum Gasteiger partial charge on any atom is 0.241 e. The van der Waals surface area contributed by atoms with E-state index in [1.165, 1.54) is 6.42 Å². The minimum atomic E-state index is -0.892. The van der Waals surface area contributed by atoms with Crippen LogP contribution in [0.25, 0.3) is 0 Å². The number of nitrogens with one attached hydrogen (secondary N) is 1. The van der Waals surface area contributed by atoms with Gasteiger partial charge in [-0.3, -0.25) is 4.79 Å². The number of carbonyl (C=O) groups excluding carboxylic acids is 1. The Morgan fingerprint density at radius 3 is 2.58 bits per heavy atom. The number of para-hydroxylation sites is 1. The van der Waals surface area contributed by atoms with Gasteiger partial charge in [-0.2, -0.15) is 0 Å². The molecule has 5 nitrogen and oxygen atoms in total. The van der Waals surface area contributed by atoms with E-state index in [1.54, 1.807) is 0 Å². The summed E-state index contributed by atoms with van der Waals surface area (Å²) >= 11 is 0. The number of nitrogens with two attached hydrogens (primary N) is 1. The second-order valence-corrected chi connectivity index (χ2v) is 7.80. The quantitative estimate of drug-likeness (QED) is 0.759. The number of halogens is 1. The predicted molar refractivity (Wildman–Crippen MR) is 105 cm³/mol. The van der Waals surface area contributed by atoms with Crippen molar-refractivity contribution in [1.29, 1.82) is 0 Å². The first kappa shape index (κ1) is 21.0. The number of hydrogen-bond donors (Lipinski definition) is 2. The average Bonchev–Trinajstić information content (AvgIpc) is 2.56. The monoisotopic (exact) mass is 382 g/mol. The van der Waals surface area contributed by atoms with Crippen LogP contribution < -0.4 is 15.8 Å². The van der Waals surface area contributed by atoms with E-state index in [-0.39, 0.29) is 29.8 Å². The summed E-state index contributed by atoms with van der Waals surface area (Å²) in [5.41, 5.74) is 6.15. The van der Waals surface area contributed by atoms with E-state index in [9.17, 15) is 4.79 Å². The van der Waals surface area contributed by atoms with Crippen LogP contribution in [0.5, 0.6) is 5.75 Å². The number of benzene rings is 1. The van der Waals surface area contributed by atoms with Crippen LogP contribution in [0.2, 0.25) is 0 Å². The van der Waals surface area contributed by atoms with Crippen LogP contribution in [-0.4, -0.2) is 30.3 Å². The minimum absolute atomic E-state index is 0. The molecule has 2 unspecified atom stereocenters. The SMILES string of the molecule is CCOC1CC(N)(C(=O)NCc2ccccc2OC2CCC2)C1(C)C.Cl. The van der Waals surface area contributed by atoms with Crippen molar-refractivity contribution in [2.45, 2.75) is 70.7 Å². The Morgan fingerprint density at radius 2 is 2.00 bits per heavy atom. The van der Waals surface area contributed by atoms with Crippen molar-refractivity contribution in [3.05, 3.63) is 29.8 Å². The molecule has 0 saturated heterocycles. The molecule has 1 aromatic rings. The molecule has 26 heavy (non-hydrogen) atoms. The zero-order valence-electron chi connectivity index (χ0n) is 15.9. The number of rotatable bonds is 7. The summed E-state index contributed by atoms with van der Waals surface area (Å²) < 4.78 is 11.7. The van der Waals surface area contributed by atoms with E-state index < -0.39 is 5.54 Å². The van der Waals surface area contributed by atoms with Gasteiger partial charge in [-0.05, 0) is 32.3 Å².